The monoisotopic (exact) mass is 462 g/mol. The lowest BCUT2D eigenvalue weighted by molar-refractivity contribution is -0.380. The van der Waals surface area contributed by atoms with Gasteiger partial charge in [-0.05, 0) is 65.0 Å². The van der Waals surface area contributed by atoms with Crippen LogP contribution in [0.1, 0.15) is 11.1 Å². The van der Waals surface area contributed by atoms with Crippen molar-refractivity contribution < 1.29 is 22.9 Å². The Bertz CT molecular complexity index is 1540. The van der Waals surface area contributed by atoms with Crippen LogP contribution >= 0.6 is 0 Å². The number of hydrogen-bond donors (Lipinski definition) is 3. The quantitative estimate of drug-likeness (QED) is 0.300. The Labute approximate surface area is 191 Å². The zero-order valence-corrected chi connectivity index (χ0v) is 17.9. The zero-order valence-electron chi connectivity index (χ0n) is 17.9. The first-order chi connectivity index (χ1) is 16.3. The minimum Gasteiger partial charge on any atom is -0.318 e. The second-order valence-corrected chi connectivity index (χ2v) is 7.90. The fourth-order valence-corrected chi connectivity index (χ4v) is 3.92. The molecule has 0 saturated carbocycles. The standard InChI is InChI=1S/C25H18F3N5O/c1-14-5-7-18(32-24(34)31-17-4-2-3-16(10-17)25(26,27)28)11-20(14)15-6-8-19-21-12-29-13-30-23(21)33-22(19)9-15/h2-13H,1H3,(H,29,30,33)(H2,31,32,34)/p+1. The summed E-state index contributed by atoms with van der Waals surface area (Å²) >= 11 is 0. The number of aryl methyl sites for hydroxylation is 1. The smallest absolute Gasteiger partial charge is 0.318 e. The van der Waals surface area contributed by atoms with Gasteiger partial charge < -0.3 is 15.6 Å². The fraction of sp³-hybridized carbons (Fsp3) is 0.0800. The summed E-state index contributed by atoms with van der Waals surface area (Å²) in [5.41, 5.74) is 4.31. The number of urea groups is 1. The Hall–Kier alpha value is -4.40. The Kier molecular flexibility index (Phi) is 5.16. The molecule has 9 heteroatoms. The number of aromatic amines is 2. The number of aromatic nitrogens is 3. The molecule has 0 aliphatic heterocycles. The van der Waals surface area contributed by atoms with E-state index in [4.69, 9.17) is 0 Å². The maximum atomic E-state index is 12.9. The third-order valence-electron chi connectivity index (χ3n) is 5.57. The minimum absolute atomic E-state index is 0.0507. The molecule has 4 N–H and O–H groups in total. The molecule has 0 fully saturated rings. The molecule has 0 radical (unpaired) electrons. The van der Waals surface area contributed by atoms with Gasteiger partial charge in [0.05, 0.1) is 16.5 Å². The molecule has 0 saturated heterocycles. The first-order valence-electron chi connectivity index (χ1n) is 10.4. The van der Waals surface area contributed by atoms with Gasteiger partial charge in [-0.1, -0.05) is 24.3 Å². The molecule has 0 bridgehead atoms. The molecule has 34 heavy (non-hydrogen) atoms. The second-order valence-electron chi connectivity index (χ2n) is 7.90. The number of rotatable bonds is 3. The second kappa shape index (κ2) is 8.18. The van der Waals surface area contributed by atoms with Crippen LogP contribution < -0.4 is 15.6 Å². The summed E-state index contributed by atoms with van der Waals surface area (Å²) in [4.78, 5) is 23.0. The fourth-order valence-electron chi connectivity index (χ4n) is 3.92. The van der Waals surface area contributed by atoms with Crippen molar-refractivity contribution in [3.05, 3.63) is 84.3 Å². The first kappa shape index (κ1) is 21.4. The van der Waals surface area contributed by atoms with Gasteiger partial charge in [-0.3, -0.25) is 0 Å². The van der Waals surface area contributed by atoms with Crippen LogP contribution in [0, 0.1) is 6.92 Å². The van der Waals surface area contributed by atoms with Gasteiger partial charge in [-0.15, -0.1) is 0 Å². The summed E-state index contributed by atoms with van der Waals surface area (Å²) < 4.78 is 38.8. The van der Waals surface area contributed by atoms with Gasteiger partial charge in [0, 0.05) is 16.8 Å². The summed E-state index contributed by atoms with van der Waals surface area (Å²) in [5, 5.41) is 7.17. The summed E-state index contributed by atoms with van der Waals surface area (Å²) in [6, 6.07) is 15.3. The predicted octanol–water partition coefficient (Wildman–Crippen LogP) is 6.17. The predicted molar refractivity (Wildman–Crippen MR) is 124 cm³/mol. The van der Waals surface area contributed by atoms with Crippen molar-refractivity contribution in [3.8, 4) is 11.1 Å². The lowest BCUT2D eigenvalue weighted by Crippen LogP contribution is -2.19. The number of nitrogens with one attached hydrogen (secondary N) is 4. The molecule has 0 unspecified atom stereocenters. The number of halogens is 3. The maximum absolute atomic E-state index is 12.9. The highest BCUT2D eigenvalue weighted by Crippen LogP contribution is 2.32. The molecule has 5 aromatic rings. The molecule has 5 rings (SSSR count). The van der Waals surface area contributed by atoms with E-state index in [-0.39, 0.29) is 5.69 Å². The van der Waals surface area contributed by atoms with Crippen LogP contribution in [0.5, 0.6) is 0 Å². The van der Waals surface area contributed by atoms with Gasteiger partial charge in [0.2, 0.25) is 0 Å². The molecule has 0 aliphatic carbocycles. The molecule has 170 valence electrons. The van der Waals surface area contributed by atoms with Crippen LogP contribution in [0.15, 0.2) is 73.2 Å². The summed E-state index contributed by atoms with van der Waals surface area (Å²) in [6.07, 6.45) is -0.984. The average molecular weight is 462 g/mol. The largest absolute Gasteiger partial charge is 0.416 e. The Morgan fingerprint density at radius 2 is 1.76 bits per heavy atom. The third kappa shape index (κ3) is 4.15. The average Bonchev–Trinajstić information content (AvgIpc) is 3.18. The molecule has 2 aromatic heterocycles. The van der Waals surface area contributed by atoms with Crippen molar-refractivity contribution in [2.45, 2.75) is 13.1 Å². The highest BCUT2D eigenvalue weighted by Gasteiger charge is 2.30. The minimum atomic E-state index is -4.49. The van der Waals surface area contributed by atoms with E-state index in [0.717, 1.165) is 50.8 Å². The molecule has 0 spiro atoms. The van der Waals surface area contributed by atoms with Gasteiger partial charge >= 0.3 is 12.2 Å². The van der Waals surface area contributed by atoms with Crippen LogP contribution in [-0.4, -0.2) is 16.0 Å². The Morgan fingerprint density at radius 3 is 2.56 bits per heavy atom. The van der Waals surface area contributed by atoms with Gasteiger partial charge in [0.25, 0.3) is 12.0 Å². The number of H-pyrrole nitrogens is 2. The van der Waals surface area contributed by atoms with E-state index >= 15 is 0 Å². The number of amides is 2. The maximum Gasteiger partial charge on any atom is 0.416 e. The van der Waals surface area contributed by atoms with E-state index in [0.29, 0.717) is 5.69 Å². The number of hydrogen-bond acceptors (Lipinski definition) is 2. The van der Waals surface area contributed by atoms with E-state index in [1.807, 2.05) is 43.5 Å². The number of anilines is 2. The van der Waals surface area contributed by atoms with Gasteiger partial charge in [-0.2, -0.15) is 13.2 Å². The SMILES string of the molecule is Cc1ccc(NC(=O)Nc2cccc(C(F)(F)F)c2)cc1-c1ccc2c(c1)[nH]c1nc[nH+]cc12. The van der Waals surface area contributed by atoms with Crippen LogP contribution in [-0.2, 0) is 6.18 Å². The number of benzene rings is 3. The zero-order chi connectivity index (χ0) is 23.9. The highest BCUT2D eigenvalue weighted by molar-refractivity contribution is 6.06. The van der Waals surface area contributed by atoms with Crippen molar-refractivity contribution in [2.24, 2.45) is 0 Å². The van der Waals surface area contributed by atoms with E-state index in [1.54, 1.807) is 12.4 Å². The highest BCUT2D eigenvalue weighted by atomic mass is 19.4. The van der Waals surface area contributed by atoms with Gasteiger partial charge in [-0.25, -0.2) is 9.78 Å². The molecule has 0 atom stereocenters. The lowest BCUT2D eigenvalue weighted by Gasteiger charge is -2.13. The molecule has 2 amide bonds. The van der Waals surface area contributed by atoms with Gasteiger partial charge in [0.15, 0.2) is 0 Å². The van der Waals surface area contributed by atoms with Crippen molar-refractivity contribution in [2.75, 3.05) is 10.6 Å². The van der Waals surface area contributed by atoms with Crippen LogP contribution in [0.2, 0.25) is 0 Å². The number of fused-ring (bicyclic) bond motifs is 3. The lowest BCUT2D eigenvalue weighted by atomic mass is 9.98. The van der Waals surface area contributed by atoms with Crippen molar-refractivity contribution >= 4 is 39.3 Å². The number of carbonyl (C=O) groups is 1. The summed E-state index contributed by atoms with van der Waals surface area (Å²) in [6.45, 7) is 1.97. The molecule has 3 aromatic carbocycles. The number of nitrogens with zero attached hydrogens (tertiary/aromatic N) is 1. The topological polar surface area (TPSA) is 84.0 Å². The molecular weight excluding hydrogens is 443 g/mol. The van der Waals surface area contributed by atoms with Gasteiger partial charge in [0.1, 0.15) is 6.20 Å². The molecular formula is C25H19F3N5O+. The first-order valence-corrected chi connectivity index (χ1v) is 10.4. The van der Waals surface area contributed by atoms with Crippen LogP contribution in [0.4, 0.5) is 29.3 Å². The van der Waals surface area contributed by atoms with Crippen LogP contribution in [0.25, 0.3) is 33.1 Å². The van der Waals surface area contributed by atoms with Crippen LogP contribution in [0.3, 0.4) is 0 Å². The Balaban J connectivity index is 1.40. The summed E-state index contributed by atoms with van der Waals surface area (Å²) in [5.74, 6) is 0. The van der Waals surface area contributed by atoms with E-state index in [1.165, 1.54) is 12.1 Å². The van der Waals surface area contributed by atoms with E-state index in [9.17, 15) is 18.0 Å². The van der Waals surface area contributed by atoms with Crippen molar-refractivity contribution in [1.82, 2.24) is 9.97 Å². The number of alkyl halides is 3. The molecule has 6 nitrogen and oxygen atoms in total. The molecule has 0 aliphatic rings. The Morgan fingerprint density at radius 1 is 0.971 bits per heavy atom. The number of carbonyl (C=O) groups excluding carboxylic acids is 1. The van der Waals surface area contributed by atoms with E-state index in [2.05, 4.69) is 25.6 Å². The molecule has 2 heterocycles. The van der Waals surface area contributed by atoms with E-state index < -0.39 is 17.8 Å². The summed E-state index contributed by atoms with van der Waals surface area (Å²) in [7, 11) is 0. The normalized spacial score (nSPS) is 11.6. The third-order valence-corrected chi connectivity index (χ3v) is 5.57. The van der Waals surface area contributed by atoms with Crippen molar-refractivity contribution in [1.29, 1.82) is 0 Å². The van der Waals surface area contributed by atoms with Crippen molar-refractivity contribution in [3.63, 3.8) is 0 Å².